The van der Waals surface area contributed by atoms with Gasteiger partial charge in [0.15, 0.2) is 17.4 Å². The van der Waals surface area contributed by atoms with E-state index in [0.717, 1.165) is 24.8 Å². The van der Waals surface area contributed by atoms with Gasteiger partial charge in [-0.2, -0.15) is 5.21 Å². The number of likely N-dealkylation sites (tertiary alicyclic amines) is 1. The number of carbonyl (C=O) groups is 7. The number of carboxylic acid groups (broad SMARTS) is 1. The van der Waals surface area contributed by atoms with Crippen LogP contribution in [0.15, 0.2) is 30.3 Å². The second-order valence-corrected chi connectivity index (χ2v) is 16.5. The number of unbranched alkanes of at least 4 members (excludes halogenated alkanes) is 1. The molecule has 2 heterocycles. The van der Waals surface area contributed by atoms with Crippen molar-refractivity contribution in [1.82, 2.24) is 30.8 Å². The number of carbonyl (C=O) groups excluding carboxylic acids is 6. The van der Waals surface area contributed by atoms with E-state index >= 15 is 0 Å². The molecule has 2 aromatic rings. The van der Waals surface area contributed by atoms with Crippen LogP contribution >= 0.6 is 0 Å². The van der Waals surface area contributed by atoms with Crippen molar-refractivity contribution in [3.05, 3.63) is 41.7 Å². The van der Waals surface area contributed by atoms with Gasteiger partial charge in [0, 0.05) is 50.5 Å². The molecule has 1 saturated heterocycles. The number of hydrogen-bond donors (Lipinski definition) is 3. The van der Waals surface area contributed by atoms with E-state index < -0.39 is 53.8 Å². The molecule has 3 N–H and O–H groups in total. The molecule has 1 aliphatic heterocycles. The first kappa shape index (κ1) is 44.1. The molecule has 1 aliphatic carbocycles. The van der Waals surface area contributed by atoms with Crippen LogP contribution in [0.4, 0.5) is 0 Å². The number of ketones is 4. The van der Waals surface area contributed by atoms with Crippen LogP contribution in [-0.4, -0.2) is 90.2 Å². The minimum absolute atomic E-state index is 0.0400. The average Bonchev–Trinajstić information content (AvgIpc) is 3.92. The minimum Gasteiger partial charge on any atom is -0.481 e. The largest absolute Gasteiger partial charge is 0.481 e. The molecule has 0 spiro atoms. The third-order valence-corrected chi connectivity index (χ3v) is 11.7. The maximum atomic E-state index is 14.4. The van der Waals surface area contributed by atoms with Crippen LogP contribution < -0.4 is 5.32 Å². The van der Waals surface area contributed by atoms with Crippen molar-refractivity contribution in [3.8, 4) is 0 Å². The Labute approximate surface area is 329 Å². The third-order valence-electron chi connectivity index (χ3n) is 11.7. The SMILES string of the molecule is CCCC(CC(=O)[C@@H]1[C@H]2CCCC2CN1C(=O)[C@@H](NC(=O)[C@H](CC(=O)CCCCc1nn[nH]n1)C(C)C)C(C)C)C(=O)C(=O)C[C@H](Cc1ccccc1)C(=O)O. The monoisotopic (exact) mass is 776 g/mol. The summed E-state index contributed by atoms with van der Waals surface area (Å²) in [6, 6.07) is 7.19. The average molecular weight is 777 g/mol. The Morgan fingerprint density at radius 1 is 0.929 bits per heavy atom. The molecule has 0 bridgehead atoms. The lowest BCUT2D eigenvalue weighted by Crippen LogP contribution is -2.56. The lowest BCUT2D eigenvalue weighted by atomic mass is 9.83. The number of benzene rings is 1. The second kappa shape index (κ2) is 21.1. The molecule has 2 fully saturated rings. The summed E-state index contributed by atoms with van der Waals surface area (Å²) in [5, 5.41) is 26.6. The van der Waals surface area contributed by atoms with E-state index in [0.29, 0.717) is 44.5 Å². The zero-order valence-electron chi connectivity index (χ0n) is 33.6. The fraction of sp³-hybridized carbons (Fsp3) is 0.667. The zero-order valence-corrected chi connectivity index (χ0v) is 33.6. The molecule has 306 valence electrons. The first-order valence-electron chi connectivity index (χ1n) is 20.4. The number of aryl methyl sites for hydroxylation is 1. The van der Waals surface area contributed by atoms with Crippen molar-refractivity contribution in [2.75, 3.05) is 6.54 Å². The zero-order chi connectivity index (χ0) is 40.9. The molecule has 4 rings (SSSR count). The molecule has 2 aliphatic rings. The number of aromatic nitrogens is 4. The standard InChI is InChI=1S/C42H60N6O8/c1-6-13-28(39(52)35(51)22-30(42(55)56)20-27-14-8-7-9-15-27)21-34(50)38-32-18-12-16-29(32)24-48(38)41(54)37(26(4)5)43-40(53)33(25(2)3)23-31(49)17-10-11-19-36-44-46-47-45-36/h7-9,14-15,25-26,28-30,32-33,37-38H,6,10-13,16-24H2,1-5H3,(H,43,53)(H,55,56)(H,44,45,46,47)/t28?,29?,30-,32-,33+,37-,38-/m0/s1. The first-order valence-corrected chi connectivity index (χ1v) is 20.4. The fourth-order valence-electron chi connectivity index (χ4n) is 8.50. The van der Waals surface area contributed by atoms with Crippen LogP contribution in [0.5, 0.6) is 0 Å². The Bertz CT molecular complexity index is 1660. The van der Waals surface area contributed by atoms with Crippen LogP contribution in [0.1, 0.15) is 117 Å². The van der Waals surface area contributed by atoms with E-state index in [1.807, 2.05) is 40.7 Å². The molecular formula is C42H60N6O8. The Morgan fingerprint density at radius 3 is 2.29 bits per heavy atom. The summed E-state index contributed by atoms with van der Waals surface area (Å²) in [6.07, 6.45) is 5.02. The maximum absolute atomic E-state index is 14.4. The lowest BCUT2D eigenvalue weighted by Gasteiger charge is -2.33. The van der Waals surface area contributed by atoms with Gasteiger partial charge in [0.1, 0.15) is 11.8 Å². The smallest absolute Gasteiger partial charge is 0.307 e. The van der Waals surface area contributed by atoms with Crippen molar-refractivity contribution in [1.29, 1.82) is 0 Å². The molecule has 2 unspecified atom stereocenters. The van der Waals surface area contributed by atoms with E-state index in [1.54, 1.807) is 29.2 Å². The Balaban J connectivity index is 1.43. The van der Waals surface area contributed by atoms with Crippen molar-refractivity contribution in [2.45, 2.75) is 130 Å². The number of tetrazole rings is 1. The maximum Gasteiger partial charge on any atom is 0.307 e. The van der Waals surface area contributed by atoms with Crippen molar-refractivity contribution >= 4 is 40.9 Å². The summed E-state index contributed by atoms with van der Waals surface area (Å²) < 4.78 is 0. The molecule has 0 radical (unpaired) electrons. The highest BCUT2D eigenvalue weighted by Gasteiger charge is 2.51. The van der Waals surface area contributed by atoms with Gasteiger partial charge in [-0.1, -0.05) is 83.0 Å². The van der Waals surface area contributed by atoms with Crippen molar-refractivity contribution in [2.24, 2.45) is 41.4 Å². The van der Waals surface area contributed by atoms with Crippen LogP contribution in [-0.2, 0) is 46.4 Å². The topological polar surface area (TPSA) is 209 Å². The lowest BCUT2D eigenvalue weighted by molar-refractivity contribution is -0.147. The summed E-state index contributed by atoms with van der Waals surface area (Å²) >= 11 is 0. The van der Waals surface area contributed by atoms with Gasteiger partial charge >= 0.3 is 5.97 Å². The Morgan fingerprint density at radius 2 is 1.66 bits per heavy atom. The molecule has 14 heteroatoms. The number of hydrogen-bond acceptors (Lipinski definition) is 10. The van der Waals surface area contributed by atoms with E-state index in [2.05, 4.69) is 25.9 Å². The number of Topliss-reactive ketones (excluding diaryl/α,β-unsaturated/α-hetero) is 4. The summed E-state index contributed by atoms with van der Waals surface area (Å²) in [5.74, 6) is -6.33. The minimum atomic E-state index is -1.17. The third kappa shape index (κ3) is 11.9. The van der Waals surface area contributed by atoms with Gasteiger partial charge < -0.3 is 15.3 Å². The first-order chi connectivity index (χ1) is 26.7. The molecule has 2 amide bonds. The molecule has 1 saturated carbocycles. The summed E-state index contributed by atoms with van der Waals surface area (Å²) in [6.45, 7) is 9.63. The highest BCUT2D eigenvalue weighted by Crippen LogP contribution is 2.43. The molecule has 14 nitrogen and oxygen atoms in total. The van der Waals surface area contributed by atoms with Gasteiger partial charge in [-0.25, -0.2) is 0 Å². The number of nitrogens with one attached hydrogen (secondary N) is 2. The van der Waals surface area contributed by atoms with Crippen molar-refractivity contribution in [3.63, 3.8) is 0 Å². The summed E-state index contributed by atoms with van der Waals surface area (Å²) in [5.41, 5.74) is 0.742. The molecule has 56 heavy (non-hydrogen) atoms. The van der Waals surface area contributed by atoms with E-state index in [-0.39, 0.29) is 72.7 Å². The quantitative estimate of drug-likeness (QED) is 0.0978. The molecule has 1 aromatic carbocycles. The highest BCUT2D eigenvalue weighted by atomic mass is 16.4. The van der Waals surface area contributed by atoms with Crippen LogP contribution in [0.2, 0.25) is 0 Å². The number of aliphatic carboxylic acids is 1. The molecule has 7 atom stereocenters. The van der Waals surface area contributed by atoms with E-state index in [9.17, 15) is 38.7 Å². The second-order valence-electron chi connectivity index (χ2n) is 16.5. The van der Waals surface area contributed by atoms with Crippen molar-refractivity contribution < 1.29 is 38.7 Å². The molecular weight excluding hydrogens is 716 g/mol. The van der Waals surface area contributed by atoms with Gasteiger partial charge in [0.2, 0.25) is 17.6 Å². The fourth-order valence-corrected chi connectivity index (χ4v) is 8.50. The van der Waals surface area contributed by atoms with Gasteiger partial charge in [-0.05, 0) is 67.8 Å². The predicted molar refractivity (Wildman–Crippen MR) is 207 cm³/mol. The highest BCUT2D eigenvalue weighted by molar-refractivity contribution is 6.38. The molecule has 1 aromatic heterocycles. The van der Waals surface area contributed by atoms with Gasteiger partial charge in [0.25, 0.3) is 0 Å². The number of fused-ring (bicyclic) bond motifs is 1. The number of rotatable bonds is 24. The number of H-pyrrole nitrogens is 1. The predicted octanol–water partition coefficient (Wildman–Crippen LogP) is 4.76. The number of aromatic amines is 1. The van der Waals surface area contributed by atoms with Gasteiger partial charge in [-0.15, -0.1) is 10.2 Å². The number of amides is 2. The van der Waals surface area contributed by atoms with Gasteiger partial charge in [-0.3, -0.25) is 33.6 Å². The number of carboxylic acids is 1. The van der Waals surface area contributed by atoms with Crippen LogP contribution in [0.3, 0.4) is 0 Å². The number of nitrogens with zero attached hydrogens (tertiary/aromatic N) is 4. The van der Waals surface area contributed by atoms with Gasteiger partial charge in [0.05, 0.1) is 12.0 Å². The Hall–Kier alpha value is -4.62. The van der Waals surface area contributed by atoms with Crippen LogP contribution in [0.25, 0.3) is 0 Å². The van der Waals surface area contributed by atoms with Crippen LogP contribution in [0, 0.1) is 41.4 Å². The van der Waals surface area contributed by atoms with E-state index in [4.69, 9.17) is 0 Å². The summed E-state index contributed by atoms with van der Waals surface area (Å²) in [4.78, 5) is 96.1. The Kier molecular flexibility index (Phi) is 16.6. The normalized spacial score (nSPS) is 20.0. The van der Waals surface area contributed by atoms with E-state index in [1.165, 1.54) is 0 Å². The summed E-state index contributed by atoms with van der Waals surface area (Å²) in [7, 11) is 0.